The first-order chi connectivity index (χ1) is 7.43. The molecule has 0 aliphatic carbocycles. The molecule has 0 amide bonds. The van der Waals surface area contributed by atoms with Gasteiger partial charge in [0.2, 0.25) is 0 Å². The summed E-state index contributed by atoms with van der Waals surface area (Å²) < 4.78 is 0.551. The molecule has 2 aromatic rings. The molecule has 0 bridgehead atoms. The van der Waals surface area contributed by atoms with Gasteiger partial charge in [-0.05, 0) is 33.2 Å². The van der Waals surface area contributed by atoms with Gasteiger partial charge in [0.15, 0.2) is 0 Å². The minimum Gasteiger partial charge on any atom is -0.114 e. The molecule has 74 valence electrons. The first kappa shape index (κ1) is 9.37. The molecule has 0 aromatic heterocycles. The molecule has 0 spiro atoms. The SMILES string of the molecule is C1=CSC(c2ccc3ccccc3c2)S1. The first-order valence-electron chi connectivity index (χ1n) is 4.88. The molecule has 2 aromatic carbocycles. The minimum absolute atomic E-state index is 0.551. The van der Waals surface area contributed by atoms with Gasteiger partial charge in [0.1, 0.15) is 0 Å². The van der Waals surface area contributed by atoms with Crippen LogP contribution in [0.3, 0.4) is 0 Å². The van der Waals surface area contributed by atoms with Crippen LogP contribution in [0.5, 0.6) is 0 Å². The van der Waals surface area contributed by atoms with Crippen molar-refractivity contribution in [1.82, 2.24) is 0 Å². The van der Waals surface area contributed by atoms with Crippen LogP contribution in [0.2, 0.25) is 0 Å². The molecule has 0 nitrogen and oxygen atoms in total. The molecular weight excluding hydrogens is 220 g/mol. The Morgan fingerprint density at radius 1 is 0.800 bits per heavy atom. The van der Waals surface area contributed by atoms with Crippen LogP contribution in [-0.2, 0) is 0 Å². The van der Waals surface area contributed by atoms with Gasteiger partial charge in [0.05, 0.1) is 4.58 Å². The normalized spacial score (nSPS) is 16.3. The standard InChI is InChI=1S/C13H10S2/c1-2-4-11-9-12(6-5-10(11)3-1)13-14-7-8-15-13/h1-9,13H. The Morgan fingerprint density at radius 2 is 1.53 bits per heavy atom. The Labute approximate surface area is 97.8 Å². The fourth-order valence-electron chi connectivity index (χ4n) is 1.75. The highest BCUT2D eigenvalue weighted by atomic mass is 32.2. The summed E-state index contributed by atoms with van der Waals surface area (Å²) in [5.41, 5.74) is 1.41. The quantitative estimate of drug-likeness (QED) is 0.691. The van der Waals surface area contributed by atoms with Crippen LogP contribution < -0.4 is 0 Å². The molecule has 0 fully saturated rings. The number of thioether (sulfide) groups is 2. The highest BCUT2D eigenvalue weighted by molar-refractivity contribution is 8.21. The second kappa shape index (κ2) is 3.95. The van der Waals surface area contributed by atoms with Crippen LogP contribution in [0.4, 0.5) is 0 Å². The fourth-order valence-corrected chi connectivity index (χ4v) is 3.80. The lowest BCUT2D eigenvalue weighted by molar-refractivity contribution is 1.42. The lowest BCUT2D eigenvalue weighted by Gasteiger charge is -2.09. The summed E-state index contributed by atoms with van der Waals surface area (Å²) >= 11 is 3.77. The van der Waals surface area contributed by atoms with Crippen molar-refractivity contribution in [2.45, 2.75) is 4.58 Å². The summed E-state index contributed by atoms with van der Waals surface area (Å²) in [6.07, 6.45) is 0. The predicted octanol–water partition coefficient (Wildman–Crippen LogP) is 4.79. The summed E-state index contributed by atoms with van der Waals surface area (Å²) in [6, 6.07) is 15.3. The zero-order valence-corrected chi connectivity index (χ0v) is 9.72. The average Bonchev–Trinajstić information content (AvgIpc) is 2.82. The van der Waals surface area contributed by atoms with E-state index < -0.39 is 0 Å². The maximum Gasteiger partial charge on any atom is 0.0834 e. The Balaban J connectivity index is 2.06. The van der Waals surface area contributed by atoms with Gasteiger partial charge in [-0.1, -0.05) is 36.4 Å². The third-order valence-corrected chi connectivity index (χ3v) is 4.97. The van der Waals surface area contributed by atoms with Gasteiger partial charge in [-0.3, -0.25) is 0 Å². The highest BCUT2D eigenvalue weighted by Gasteiger charge is 2.14. The van der Waals surface area contributed by atoms with E-state index in [4.69, 9.17) is 0 Å². The molecule has 3 rings (SSSR count). The van der Waals surface area contributed by atoms with Crippen molar-refractivity contribution in [3.05, 3.63) is 58.8 Å². The van der Waals surface area contributed by atoms with Crippen LogP contribution in [0.15, 0.2) is 53.3 Å². The second-order valence-electron chi connectivity index (χ2n) is 3.48. The Morgan fingerprint density at radius 3 is 2.33 bits per heavy atom. The zero-order chi connectivity index (χ0) is 10.1. The third kappa shape index (κ3) is 1.80. The van der Waals surface area contributed by atoms with Crippen LogP contribution in [0.25, 0.3) is 10.8 Å². The van der Waals surface area contributed by atoms with Crippen LogP contribution >= 0.6 is 23.5 Å². The lowest BCUT2D eigenvalue weighted by Crippen LogP contribution is -1.84. The summed E-state index contributed by atoms with van der Waals surface area (Å²) in [5, 5.41) is 7.00. The fraction of sp³-hybridized carbons (Fsp3) is 0.0769. The Bertz CT molecular complexity index is 509. The van der Waals surface area contributed by atoms with Crippen LogP contribution in [0, 0.1) is 0 Å². The van der Waals surface area contributed by atoms with Gasteiger partial charge >= 0.3 is 0 Å². The van der Waals surface area contributed by atoms with Gasteiger partial charge < -0.3 is 0 Å². The number of rotatable bonds is 1. The van der Waals surface area contributed by atoms with Gasteiger partial charge in [0.25, 0.3) is 0 Å². The topological polar surface area (TPSA) is 0 Å². The van der Waals surface area contributed by atoms with Crippen molar-refractivity contribution in [3.8, 4) is 0 Å². The molecule has 0 saturated carbocycles. The predicted molar refractivity (Wildman–Crippen MR) is 71.0 cm³/mol. The summed E-state index contributed by atoms with van der Waals surface area (Å²) in [7, 11) is 0. The molecule has 15 heavy (non-hydrogen) atoms. The van der Waals surface area contributed by atoms with Crippen molar-refractivity contribution in [2.75, 3.05) is 0 Å². The van der Waals surface area contributed by atoms with E-state index in [1.807, 2.05) is 23.5 Å². The van der Waals surface area contributed by atoms with E-state index in [2.05, 4.69) is 53.3 Å². The van der Waals surface area contributed by atoms with Crippen molar-refractivity contribution >= 4 is 34.3 Å². The van der Waals surface area contributed by atoms with Crippen LogP contribution in [-0.4, -0.2) is 0 Å². The molecule has 0 saturated heterocycles. The Hall–Kier alpha value is -0.860. The van der Waals surface area contributed by atoms with Crippen molar-refractivity contribution in [2.24, 2.45) is 0 Å². The number of benzene rings is 2. The average molecular weight is 230 g/mol. The van der Waals surface area contributed by atoms with Crippen molar-refractivity contribution in [3.63, 3.8) is 0 Å². The van der Waals surface area contributed by atoms with E-state index in [0.29, 0.717) is 4.58 Å². The maximum atomic E-state index is 2.30. The smallest absolute Gasteiger partial charge is 0.0834 e. The van der Waals surface area contributed by atoms with Crippen LogP contribution in [0.1, 0.15) is 10.1 Å². The molecule has 1 aliphatic rings. The molecule has 0 N–H and O–H groups in total. The van der Waals surface area contributed by atoms with E-state index in [1.165, 1.54) is 16.3 Å². The largest absolute Gasteiger partial charge is 0.114 e. The van der Waals surface area contributed by atoms with E-state index in [-0.39, 0.29) is 0 Å². The molecule has 0 unspecified atom stereocenters. The second-order valence-corrected chi connectivity index (χ2v) is 5.81. The van der Waals surface area contributed by atoms with Gasteiger partial charge in [-0.25, -0.2) is 0 Å². The molecule has 0 radical (unpaired) electrons. The van der Waals surface area contributed by atoms with E-state index in [9.17, 15) is 0 Å². The molecule has 1 aliphatic heterocycles. The molecular formula is C13H10S2. The zero-order valence-electron chi connectivity index (χ0n) is 8.09. The summed E-state index contributed by atoms with van der Waals surface area (Å²) in [6.45, 7) is 0. The van der Waals surface area contributed by atoms with Gasteiger partial charge in [0, 0.05) is 0 Å². The number of hydrogen-bond donors (Lipinski definition) is 0. The van der Waals surface area contributed by atoms with Gasteiger partial charge in [-0.2, -0.15) is 0 Å². The number of hydrogen-bond acceptors (Lipinski definition) is 2. The summed E-state index contributed by atoms with van der Waals surface area (Å²) in [4.78, 5) is 0. The van der Waals surface area contributed by atoms with Gasteiger partial charge in [-0.15, -0.1) is 23.5 Å². The minimum atomic E-state index is 0.551. The number of fused-ring (bicyclic) bond motifs is 1. The third-order valence-electron chi connectivity index (χ3n) is 2.51. The van der Waals surface area contributed by atoms with E-state index >= 15 is 0 Å². The van der Waals surface area contributed by atoms with Crippen molar-refractivity contribution in [1.29, 1.82) is 0 Å². The molecule has 1 heterocycles. The highest BCUT2D eigenvalue weighted by Crippen LogP contribution is 2.46. The first-order valence-corrected chi connectivity index (χ1v) is 6.77. The van der Waals surface area contributed by atoms with E-state index in [1.54, 1.807) is 0 Å². The van der Waals surface area contributed by atoms with Crippen molar-refractivity contribution < 1.29 is 0 Å². The Kier molecular flexibility index (Phi) is 2.47. The lowest BCUT2D eigenvalue weighted by atomic mass is 10.1. The molecule has 0 atom stereocenters. The molecule has 2 heteroatoms. The van der Waals surface area contributed by atoms with E-state index in [0.717, 1.165) is 0 Å². The summed E-state index contributed by atoms with van der Waals surface area (Å²) in [5.74, 6) is 0. The maximum absolute atomic E-state index is 2.30. The monoisotopic (exact) mass is 230 g/mol.